The minimum absolute atomic E-state index is 0.0416. The molecule has 0 aromatic carbocycles. The number of H-pyrrole nitrogens is 1. The second-order valence-electron chi connectivity index (χ2n) is 5.61. The third-order valence-corrected chi connectivity index (χ3v) is 3.87. The van der Waals surface area contributed by atoms with Gasteiger partial charge in [-0.05, 0) is 19.3 Å². The van der Waals surface area contributed by atoms with Crippen LogP contribution in [0.4, 0.5) is 0 Å². The molecule has 0 spiro atoms. The lowest BCUT2D eigenvalue weighted by Gasteiger charge is -2.15. The maximum absolute atomic E-state index is 11.9. The molecule has 122 valence electrons. The van der Waals surface area contributed by atoms with Gasteiger partial charge in [-0.3, -0.25) is 19.4 Å². The van der Waals surface area contributed by atoms with Crippen LogP contribution < -0.4 is 11.2 Å². The summed E-state index contributed by atoms with van der Waals surface area (Å²) in [6.45, 7) is 4.08. The summed E-state index contributed by atoms with van der Waals surface area (Å²) in [6.07, 6.45) is 7.55. The van der Waals surface area contributed by atoms with Crippen LogP contribution in [0.5, 0.6) is 5.88 Å². The summed E-state index contributed by atoms with van der Waals surface area (Å²) in [5.74, 6) is -0.305. The van der Waals surface area contributed by atoms with Crippen LogP contribution in [0.15, 0.2) is 14.7 Å². The van der Waals surface area contributed by atoms with E-state index in [2.05, 4.69) is 10.1 Å². The van der Waals surface area contributed by atoms with Crippen molar-refractivity contribution in [2.75, 3.05) is 13.1 Å². The van der Waals surface area contributed by atoms with Crippen LogP contribution in [0.1, 0.15) is 51.0 Å². The Bertz CT molecular complexity index is 625. The lowest BCUT2D eigenvalue weighted by atomic mass is 10.2. The predicted molar refractivity (Wildman–Crippen MR) is 85.5 cm³/mol. The average molecular weight is 308 g/mol. The number of hydrogen-bond donors (Lipinski definition) is 2. The van der Waals surface area contributed by atoms with Crippen LogP contribution in [0.25, 0.3) is 0 Å². The number of rotatable bonds is 5. The highest BCUT2D eigenvalue weighted by Gasteiger charge is 2.13. The van der Waals surface area contributed by atoms with Gasteiger partial charge in [0.25, 0.3) is 5.56 Å². The molecule has 2 rings (SSSR count). The molecule has 0 amide bonds. The Kier molecular flexibility index (Phi) is 5.80. The van der Waals surface area contributed by atoms with Crippen LogP contribution in [0.2, 0.25) is 0 Å². The summed E-state index contributed by atoms with van der Waals surface area (Å²) in [5, 5.41) is 16.4. The molecule has 0 radical (unpaired) electrons. The van der Waals surface area contributed by atoms with Crippen molar-refractivity contribution in [2.45, 2.75) is 52.0 Å². The zero-order valence-electron chi connectivity index (χ0n) is 13.0. The zero-order chi connectivity index (χ0) is 15.9. The molecule has 7 nitrogen and oxygen atoms in total. The molecule has 0 unspecified atom stereocenters. The molecule has 1 aromatic heterocycles. The highest BCUT2D eigenvalue weighted by molar-refractivity contribution is 5.81. The fourth-order valence-corrected chi connectivity index (χ4v) is 2.52. The van der Waals surface area contributed by atoms with Crippen molar-refractivity contribution in [3.05, 3.63) is 26.4 Å². The molecule has 7 heteroatoms. The Morgan fingerprint density at radius 2 is 1.91 bits per heavy atom. The molecule has 0 saturated carbocycles. The van der Waals surface area contributed by atoms with Crippen molar-refractivity contribution in [3.63, 3.8) is 0 Å². The predicted octanol–water partition coefficient (Wildman–Crippen LogP) is 1.25. The van der Waals surface area contributed by atoms with Crippen LogP contribution >= 0.6 is 0 Å². The van der Waals surface area contributed by atoms with Crippen molar-refractivity contribution in [1.82, 2.24) is 14.6 Å². The van der Waals surface area contributed by atoms with Crippen LogP contribution in [-0.2, 0) is 6.54 Å². The SMILES string of the molecule is CCCCn1c(O)c(C=NN2CCCCCC2)c(=O)[nH]c1=O. The number of aromatic amines is 1. The summed E-state index contributed by atoms with van der Waals surface area (Å²) in [4.78, 5) is 25.9. The van der Waals surface area contributed by atoms with Gasteiger partial charge in [-0.15, -0.1) is 0 Å². The summed E-state index contributed by atoms with van der Waals surface area (Å²) < 4.78 is 1.19. The van der Waals surface area contributed by atoms with Gasteiger partial charge in [-0.25, -0.2) is 4.79 Å². The Hall–Kier alpha value is -2.05. The first kappa shape index (κ1) is 16.3. The number of nitrogens with one attached hydrogen (secondary N) is 1. The van der Waals surface area contributed by atoms with E-state index in [0.29, 0.717) is 6.54 Å². The van der Waals surface area contributed by atoms with Crippen molar-refractivity contribution in [1.29, 1.82) is 0 Å². The van der Waals surface area contributed by atoms with Gasteiger partial charge < -0.3 is 5.11 Å². The van der Waals surface area contributed by atoms with Crippen LogP contribution in [0, 0.1) is 0 Å². The van der Waals surface area contributed by atoms with E-state index in [4.69, 9.17) is 0 Å². The van der Waals surface area contributed by atoms with Gasteiger partial charge in [0.05, 0.1) is 6.21 Å². The normalized spacial score (nSPS) is 16.1. The third kappa shape index (κ3) is 3.99. The smallest absolute Gasteiger partial charge is 0.331 e. The molecule has 1 aliphatic rings. The molecule has 1 saturated heterocycles. The summed E-state index contributed by atoms with van der Waals surface area (Å²) in [6, 6.07) is 0. The summed E-state index contributed by atoms with van der Waals surface area (Å²) in [7, 11) is 0. The average Bonchev–Trinajstić information content (AvgIpc) is 2.75. The Balaban J connectivity index is 2.25. The van der Waals surface area contributed by atoms with E-state index < -0.39 is 11.2 Å². The van der Waals surface area contributed by atoms with Crippen molar-refractivity contribution in [2.24, 2.45) is 5.10 Å². The fourth-order valence-electron chi connectivity index (χ4n) is 2.52. The second kappa shape index (κ2) is 7.82. The number of hydrogen-bond acceptors (Lipinski definition) is 5. The van der Waals surface area contributed by atoms with E-state index in [-0.39, 0.29) is 11.4 Å². The van der Waals surface area contributed by atoms with Crippen molar-refractivity contribution in [3.8, 4) is 5.88 Å². The van der Waals surface area contributed by atoms with E-state index in [1.807, 2.05) is 11.9 Å². The largest absolute Gasteiger partial charge is 0.494 e. The highest BCUT2D eigenvalue weighted by Crippen LogP contribution is 2.12. The number of hydrazone groups is 1. The standard InChI is InChI=1S/C15H24N4O3/c1-2-3-10-19-14(21)12(13(20)17-15(19)22)11-16-18-8-6-4-5-7-9-18/h11,21H,2-10H2,1H3,(H,17,20,22). The van der Waals surface area contributed by atoms with Gasteiger partial charge in [0.1, 0.15) is 5.56 Å². The monoisotopic (exact) mass is 308 g/mol. The Labute approximate surface area is 129 Å². The third-order valence-electron chi connectivity index (χ3n) is 3.87. The molecule has 2 N–H and O–H groups in total. The number of aromatic nitrogens is 2. The van der Waals surface area contributed by atoms with E-state index in [0.717, 1.165) is 38.8 Å². The lowest BCUT2D eigenvalue weighted by Crippen LogP contribution is -2.32. The van der Waals surface area contributed by atoms with Crippen LogP contribution in [-0.4, -0.2) is 39.0 Å². The minimum atomic E-state index is -0.603. The van der Waals surface area contributed by atoms with Gasteiger partial charge in [-0.2, -0.15) is 5.10 Å². The van der Waals surface area contributed by atoms with E-state index in [9.17, 15) is 14.7 Å². The Morgan fingerprint density at radius 3 is 2.55 bits per heavy atom. The van der Waals surface area contributed by atoms with Crippen molar-refractivity contribution >= 4 is 6.21 Å². The van der Waals surface area contributed by atoms with E-state index in [1.165, 1.54) is 23.6 Å². The lowest BCUT2D eigenvalue weighted by molar-refractivity contribution is 0.302. The second-order valence-corrected chi connectivity index (χ2v) is 5.61. The first-order valence-electron chi connectivity index (χ1n) is 7.98. The number of unbranched alkanes of at least 4 members (excludes halogenated alkanes) is 1. The fraction of sp³-hybridized carbons (Fsp3) is 0.667. The van der Waals surface area contributed by atoms with Gasteiger partial charge in [0.15, 0.2) is 0 Å². The topological polar surface area (TPSA) is 90.7 Å². The minimum Gasteiger partial charge on any atom is -0.494 e. The number of aromatic hydroxyl groups is 1. The maximum atomic E-state index is 11.9. The van der Waals surface area contributed by atoms with Gasteiger partial charge in [-0.1, -0.05) is 26.2 Å². The molecule has 0 atom stereocenters. The zero-order valence-corrected chi connectivity index (χ0v) is 13.0. The van der Waals surface area contributed by atoms with E-state index >= 15 is 0 Å². The van der Waals surface area contributed by atoms with Crippen molar-refractivity contribution < 1.29 is 5.11 Å². The van der Waals surface area contributed by atoms with Gasteiger partial charge >= 0.3 is 5.69 Å². The van der Waals surface area contributed by atoms with Gasteiger partial charge in [0, 0.05) is 19.6 Å². The van der Waals surface area contributed by atoms with Crippen LogP contribution in [0.3, 0.4) is 0 Å². The molecule has 0 aliphatic carbocycles. The molecular weight excluding hydrogens is 284 g/mol. The molecule has 0 bridgehead atoms. The number of nitrogens with zero attached hydrogens (tertiary/aromatic N) is 3. The molecule has 1 aliphatic heterocycles. The first-order valence-corrected chi connectivity index (χ1v) is 7.98. The molecule has 22 heavy (non-hydrogen) atoms. The summed E-state index contributed by atoms with van der Waals surface area (Å²) in [5.41, 5.74) is -1.14. The van der Waals surface area contributed by atoms with Gasteiger partial charge in [0.2, 0.25) is 5.88 Å². The maximum Gasteiger partial charge on any atom is 0.331 e. The first-order chi connectivity index (χ1) is 10.6. The molecular formula is C15H24N4O3. The highest BCUT2D eigenvalue weighted by atomic mass is 16.3. The molecule has 1 aromatic rings. The van der Waals surface area contributed by atoms with E-state index in [1.54, 1.807) is 0 Å². The summed E-state index contributed by atoms with van der Waals surface area (Å²) >= 11 is 0. The molecule has 2 heterocycles. The quantitative estimate of drug-likeness (QED) is 0.801. The Morgan fingerprint density at radius 1 is 1.23 bits per heavy atom. The molecule has 1 fully saturated rings.